The summed E-state index contributed by atoms with van der Waals surface area (Å²) in [6.45, 7) is 5.22. The third-order valence-corrected chi connectivity index (χ3v) is 3.13. The van der Waals surface area contributed by atoms with Crippen molar-refractivity contribution in [1.82, 2.24) is 15.2 Å². The fourth-order valence-corrected chi connectivity index (χ4v) is 2.05. The average molecular weight is 276 g/mol. The highest BCUT2D eigenvalue weighted by Gasteiger charge is 2.22. The Morgan fingerprint density at radius 1 is 1.25 bits per heavy atom. The maximum absolute atomic E-state index is 12.2. The van der Waals surface area contributed by atoms with E-state index in [4.69, 9.17) is 4.74 Å². The van der Waals surface area contributed by atoms with Crippen LogP contribution in [0.25, 0.3) is 0 Å². The molecule has 106 valence electrons. The minimum absolute atomic E-state index is 0.328. The summed E-state index contributed by atoms with van der Waals surface area (Å²) in [5.74, 6) is -0.792. The summed E-state index contributed by atoms with van der Waals surface area (Å²) in [4.78, 5) is 26.8. The highest BCUT2D eigenvalue weighted by molar-refractivity contribution is 6.07. The van der Waals surface area contributed by atoms with Gasteiger partial charge in [0.1, 0.15) is 5.69 Å². The van der Waals surface area contributed by atoms with Gasteiger partial charge in [0.15, 0.2) is 0 Å². The van der Waals surface area contributed by atoms with Gasteiger partial charge < -0.3 is 15.0 Å². The predicted octanol–water partition coefficient (Wildman–Crippen LogP) is 1.70. The summed E-state index contributed by atoms with van der Waals surface area (Å²) in [7, 11) is 1.31. The van der Waals surface area contributed by atoms with Crippen molar-refractivity contribution in [2.75, 3.05) is 12.4 Å². The van der Waals surface area contributed by atoms with E-state index < -0.39 is 5.97 Å². The number of hydrogen-bond donors (Lipinski definition) is 3. The lowest BCUT2D eigenvalue weighted by Gasteiger charge is -2.03. The van der Waals surface area contributed by atoms with Gasteiger partial charge in [0.2, 0.25) is 0 Å². The van der Waals surface area contributed by atoms with E-state index in [-0.39, 0.29) is 5.91 Å². The van der Waals surface area contributed by atoms with Crippen LogP contribution in [0.3, 0.4) is 0 Å². The first kappa shape index (κ1) is 13.9. The van der Waals surface area contributed by atoms with Crippen molar-refractivity contribution in [3.8, 4) is 0 Å². The van der Waals surface area contributed by atoms with E-state index in [1.54, 1.807) is 20.8 Å². The zero-order valence-electron chi connectivity index (χ0n) is 11.7. The van der Waals surface area contributed by atoms with Crippen molar-refractivity contribution in [2.45, 2.75) is 20.8 Å². The number of nitrogens with zero attached hydrogens (tertiary/aromatic N) is 1. The van der Waals surface area contributed by atoms with Gasteiger partial charge in [0, 0.05) is 5.69 Å². The van der Waals surface area contributed by atoms with Gasteiger partial charge >= 0.3 is 5.97 Å². The molecule has 7 heteroatoms. The van der Waals surface area contributed by atoms with Crippen LogP contribution in [0.15, 0.2) is 6.20 Å². The summed E-state index contributed by atoms with van der Waals surface area (Å²) in [5.41, 5.74) is 3.25. The lowest BCUT2D eigenvalue weighted by molar-refractivity contribution is 0.0599. The second-order valence-corrected chi connectivity index (χ2v) is 4.48. The quantitative estimate of drug-likeness (QED) is 0.743. The Balaban J connectivity index is 2.32. The van der Waals surface area contributed by atoms with Gasteiger partial charge in [0.05, 0.1) is 30.3 Å². The van der Waals surface area contributed by atoms with Crippen LogP contribution in [0.1, 0.15) is 37.8 Å². The zero-order valence-corrected chi connectivity index (χ0v) is 11.7. The van der Waals surface area contributed by atoms with E-state index >= 15 is 0 Å². The van der Waals surface area contributed by atoms with Crippen LogP contribution in [0.2, 0.25) is 0 Å². The molecule has 20 heavy (non-hydrogen) atoms. The molecule has 0 aliphatic carbocycles. The minimum atomic E-state index is -0.463. The van der Waals surface area contributed by atoms with Crippen LogP contribution in [0, 0.1) is 20.8 Å². The Labute approximate surface area is 115 Å². The summed E-state index contributed by atoms with van der Waals surface area (Å²) < 4.78 is 4.71. The number of hydrogen-bond acceptors (Lipinski definition) is 4. The number of H-pyrrole nitrogens is 2. The molecule has 0 aliphatic heterocycles. The van der Waals surface area contributed by atoms with E-state index in [1.807, 2.05) is 0 Å². The van der Waals surface area contributed by atoms with Crippen molar-refractivity contribution < 1.29 is 14.3 Å². The molecule has 2 aromatic rings. The fourth-order valence-electron chi connectivity index (χ4n) is 2.05. The normalized spacial score (nSPS) is 10.4. The Bertz CT molecular complexity index is 669. The maximum atomic E-state index is 12.2. The smallest absolute Gasteiger partial charge is 0.339 e. The standard InChI is InChI=1S/C13H16N4O3/c1-6-10(13(19)20-4)8(3)15-11(6)12(18)16-9-5-14-17-7(9)2/h5,15H,1-4H3,(H,14,17)(H,16,18). The van der Waals surface area contributed by atoms with Gasteiger partial charge in [0.25, 0.3) is 5.91 Å². The molecule has 0 fully saturated rings. The van der Waals surface area contributed by atoms with E-state index in [9.17, 15) is 9.59 Å². The van der Waals surface area contributed by atoms with Gasteiger partial charge in [-0.3, -0.25) is 9.89 Å². The number of ether oxygens (including phenoxy) is 1. The molecule has 0 aromatic carbocycles. The molecule has 1 amide bonds. The average Bonchev–Trinajstić information content (AvgIpc) is 2.93. The maximum Gasteiger partial charge on any atom is 0.339 e. The molecule has 2 aromatic heterocycles. The van der Waals surface area contributed by atoms with Crippen LogP contribution in [0.5, 0.6) is 0 Å². The molecule has 0 unspecified atom stereocenters. The molecule has 0 bridgehead atoms. The Morgan fingerprint density at radius 3 is 2.50 bits per heavy atom. The number of aromatic nitrogens is 3. The number of anilines is 1. The predicted molar refractivity (Wildman–Crippen MR) is 72.9 cm³/mol. The number of amides is 1. The first-order valence-corrected chi connectivity index (χ1v) is 6.04. The van der Waals surface area contributed by atoms with Crippen molar-refractivity contribution >= 4 is 17.6 Å². The molecule has 0 radical (unpaired) electrons. The Kier molecular flexibility index (Phi) is 3.60. The molecule has 2 rings (SSSR count). The van der Waals surface area contributed by atoms with Gasteiger partial charge in [-0.15, -0.1) is 0 Å². The topological polar surface area (TPSA) is 99.9 Å². The molecule has 0 aliphatic rings. The minimum Gasteiger partial charge on any atom is -0.465 e. The van der Waals surface area contributed by atoms with Crippen LogP contribution < -0.4 is 5.32 Å². The molecule has 7 nitrogen and oxygen atoms in total. The third kappa shape index (κ3) is 2.29. The van der Waals surface area contributed by atoms with Gasteiger partial charge in [-0.25, -0.2) is 4.79 Å². The van der Waals surface area contributed by atoms with Gasteiger partial charge in [-0.1, -0.05) is 0 Å². The third-order valence-electron chi connectivity index (χ3n) is 3.13. The second-order valence-electron chi connectivity index (χ2n) is 4.48. The van der Waals surface area contributed by atoms with Crippen LogP contribution in [0.4, 0.5) is 5.69 Å². The van der Waals surface area contributed by atoms with Gasteiger partial charge in [-0.2, -0.15) is 5.10 Å². The van der Waals surface area contributed by atoms with Crippen LogP contribution in [-0.4, -0.2) is 34.2 Å². The molecule has 0 atom stereocenters. The highest BCUT2D eigenvalue weighted by Crippen LogP contribution is 2.20. The molecule has 0 saturated heterocycles. The monoisotopic (exact) mass is 276 g/mol. The van der Waals surface area contributed by atoms with Crippen LogP contribution >= 0.6 is 0 Å². The van der Waals surface area contributed by atoms with E-state index in [2.05, 4.69) is 20.5 Å². The van der Waals surface area contributed by atoms with E-state index in [0.717, 1.165) is 5.69 Å². The number of carbonyl (C=O) groups is 2. The first-order valence-electron chi connectivity index (χ1n) is 6.04. The summed E-state index contributed by atoms with van der Waals surface area (Å²) >= 11 is 0. The van der Waals surface area contributed by atoms with Crippen molar-refractivity contribution in [3.63, 3.8) is 0 Å². The summed E-state index contributed by atoms with van der Waals surface area (Å²) in [5, 5.41) is 9.29. The molecule has 0 saturated carbocycles. The summed E-state index contributed by atoms with van der Waals surface area (Å²) in [6.07, 6.45) is 1.53. The Hall–Kier alpha value is -2.57. The number of carbonyl (C=O) groups excluding carboxylic acids is 2. The molecular weight excluding hydrogens is 260 g/mol. The van der Waals surface area contributed by atoms with Crippen molar-refractivity contribution in [2.24, 2.45) is 0 Å². The summed E-state index contributed by atoms with van der Waals surface area (Å²) in [6, 6.07) is 0. The molecule has 2 heterocycles. The lowest BCUT2D eigenvalue weighted by atomic mass is 10.1. The number of esters is 1. The number of aryl methyl sites for hydroxylation is 2. The van der Waals surface area contributed by atoms with E-state index in [1.165, 1.54) is 13.3 Å². The van der Waals surface area contributed by atoms with Crippen molar-refractivity contribution in [1.29, 1.82) is 0 Å². The van der Waals surface area contributed by atoms with Crippen LogP contribution in [-0.2, 0) is 4.74 Å². The van der Waals surface area contributed by atoms with E-state index in [0.29, 0.717) is 28.2 Å². The molecule has 3 N–H and O–H groups in total. The Morgan fingerprint density at radius 2 is 1.95 bits per heavy atom. The molecule has 0 spiro atoms. The first-order chi connectivity index (χ1) is 9.45. The molecular formula is C13H16N4O3. The number of methoxy groups -OCH3 is 1. The van der Waals surface area contributed by atoms with Crippen molar-refractivity contribution in [3.05, 3.63) is 34.4 Å². The highest BCUT2D eigenvalue weighted by atomic mass is 16.5. The largest absolute Gasteiger partial charge is 0.465 e. The number of rotatable bonds is 3. The lowest BCUT2D eigenvalue weighted by Crippen LogP contribution is -2.14. The number of nitrogens with one attached hydrogen (secondary N) is 3. The fraction of sp³-hybridized carbons (Fsp3) is 0.308. The number of aromatic amines is 2. The zero-order chi connectivity index (χ0) is 14.9. The SMILES string of the molecule is COC(=O)c1c(C)[nH]c(C(=O)Nc2cn[nH]c2C)c1C. The second kappa shape index (κ2) is 5.20. The van der Waals surface area contributed by atoms with Gasteiger partial charge in [-0.05, 0) is 26.3 Å².